The van der Waals surface area contributed by atoms with Crippen molar-refractivity contribution in [3.63, 3.8) is 0 Å². The second-order valence-electron chi connectivity index (χ2n) is 7.11. The topological polar surface area (TPSA) is 72.5 Å². The van der Waals surface area contributed by atoms with Crippen LogP contribution in [0.2, 0.25) is 0 Å². The lowest BCUT2D eigenvalue weighted by Gasteiger charge is -2.21. The molecule has 0 aliphatic carbocycles. The third kappa shape index (κ3) is 7.66. The van der Waals surface area contributed by atoms with E-state index in [-0.39, 0.29) is 5.97 Å². The van der Waals surface area contributed by atoms with Gasteiger partial charge < -0.3 is 4.74 Å². The molecule has 170 valence electrons. The second kappa shape index (κ2) is 11.3. The zero-order valence-electron chi connectivity index (χ0n) is 17.2. The summed E-state index contributed by atoms with van der Waals surface area (Å²) in [6.45, 7) is 0. The largest absolute Gasteiger partial charge is 0.469 e. The Labute approximate surface area is 180 Å². The number of halogens is 3. The van der Waals surface area contributed by atoms with E-state index in [2.05, 4.69) is 9.46 Å². The molecule has 31 heavy (non-hydrogen) atoms. The minimum absolute atomic E-state index is 0.279. The van der Waals surface area contributed by atoms with Crippen LogP contribution >= 0.6 is 0 Å². The van der Waals surface area contributed by atoms with Gasteiger partial charge in [-0.05, 0) is 30.5 Å². The molecule has 0 heterocycles. The summed E-state index contributed by atoms with van der Waals surface area (Å²) in [4.78, 5) is 10.4. The molecule has 2 aromatic rings. The van der Waals surface area contributed by atoms with Crippen LogP contribution in [-0.2, 0) is 25.7 Å². The van der Waals surface area contributed by atoms with Gasteiger partial charge in [-0.2, -0.15) is 13.2 Å². The van der Waals surface area contributed by atoms with Gasteiger partial charge in [0.2, 0.25) is 10.0 Å². The quantitative estimate of drug-likeness (QED) is 0.370. The first kappa shape index (κ1) is 24.9. The van der Waals surface area contributed by atoms with Crippen molar-refractivity contribution in [1.82, 2.24) is 4.72 Å². The molecule has 1 unspecified atom stereocenters. The predicted octanol–water partition coefficient (Wildman–Crippen LogP) is 5.24. The zero-order chi connectivity index (χ0) is 22.9. The number of carbonyl (C=O) groups excluding carboxylic acids is 1. The van der Waals surface area contributed by atoms with Crippen molar-refractivity contribution in [3.8, 4) is 0 Å². The Bertz CT molecular complexity index is 947. The molecular formula is C22H26F3NO4S. The Kier molecular flexibility index (Phi) is 9.06. The maximum absolute atomic E-state index is 13.3. The van der Waals surface area contributed by atoms with Crippen molar-refractivity contribution < 1.29 is 31.1 Å². The lowest BCUT2D eigenvalue weighted by molar-refractivity contribution is -0.141. The molecule has 1 atom stereocenters. The highest BCUT2D eigenvalue weighted by Gasteiger charge is 2.37. The van der Waals surface area contributed by atoms with Crippen molar-refractivity contribution in [2.45, 2.75) is 55.6 Å². The molecular weight excluding hydrogens is 431 g/mol. The van der Waals surface area contributed by atoms with Gasteiger partial charge in [0.05, 0.1) is 17.6 Å². The van der Waals surface area contributed by atoms with Crippen molar-refractivity contribution in [1.29, 1.82) is 0 Å². The number of rotatable bonds is 11. The van der Waals surface area contributed by atoms with E-state index in [9.17, 15) is 26.4 Å². The number of benzene rings is 2. The summed E-state index contributed by atoms with van der Waals surface area (Å²) >= 11 is 0. The Morgan fingerprint density at radius 1 is 0.968 bits per heavy atom. The highest BCUT2D eigenvalue weighted by Crippen LogP contribution is 2.34. The van der Waals surface area contributed by atoms with Crippen molar-refractivity contribution in [3.05, 3.63) is 65.7 Å². The molecule has 2 rings (SSSR count). The van der Waals surface area contributed by atoms with Crippen molar-refractivity contribution in [2.75, 3.05) is 7.11 Å². The Morgan fingerprint density at radius 2 is 1.58 bits per heavy atom. The molecule has 0 aliphatic rings. The van der Waals surface area contributed by atoms with Crippen LogP contribution in [-0.4, -0.2) is 21.5 Å². The van der Waals surface area contributed by atoms with E-state index in [4.69, 9.17) is 0 Å². The van der Waals surface area contributed by atoms with E-state index in [0.717, 1.165) is 31.0 Å². The first-order valence-corrected chi connectivity index (χ1v) is 11.4. The minimum Gasteiger partial charge on any atom is -0.469 e. The number of ether oxygens (including phenoxy) is 1. The standard InChI is InChI=1S/C22H26F3NO4S/c1-30-21(27)16-8-3-2-7-14-19(17-11-5-4-6-12-17)26-31(28,29)20-15-10-9-13-18(20)22(23,24)25/h4-6,9-13,15,19,26H,2-3,7-8,14,16H2,1H3. The molecule has 0 saturated carbocycles. The highest BCUT2D eigenvalue weighted by molar-refractivity contribution is 7.89. The van der Waals surface area contributed by atoms with E-state index in [1.165, 1.54) is 13.2 Å². The summed E-state index contributed by atoms with van der Waals surface area (Å²) in [6.07, 6.45) is -1.23. The third-order valence-electron chi connectivity index (χ3n) is 4.83. The van der Waals surface area contributed by atoms with Crippen LogP contribution in [0.4, 0.5) is 13.2 Å². The molecule has 0 radical (unpaired) electrons. The average molecular weight is 458 g/mol. The van der Waals surface area contributed by atoms with Crippen LogP contribution in [0, 0.1) is 0 Å². The number of esters is 1. The number of hydrogen-bond acceptors (Lipinski definition) is 4. The molecule has 0 saturated heterocycles. The second-order valence-corrected chi connectivity index (χ2v) is 8.79. The van der Waals surface area contributed by atoms with Gasteiger partial charge in [-0.15, -0.1) is 0 Å². The molecule has 0 fully saturated rings. The molecule has 0 aromatic heterocycles. The number of nitrogens with one attached hydrogen (secondary N) is 1. The lowest BCUT2D eigenvalue weighted by Crippen LogP contribution is -2.30. The van der Waals surface area contributed by atoms with Gasteiger partial charge in [-0.1, -0.05) is 61.7 Å². The Balaban J connectivity index is 2.13. The summed E-state index contributed by atoms with van der Waals surface area (Å²) in [5, 5.41) is 0. The summed E-state index contributed by atoms with van der Waals surface area (Å²) in [5.74, 6) is -0.279. The molecule has 9 heteroatoms. The highest BCUT2D eigenvalue weighted by atomic mass is 32.2. The number of hydrogen-bond donors (Lipinski definition) is 1. The fourth-order valence-electron chi connectivity index (χ4n) is 3.24. The van der Waals surface area contributed by atoms with Crippen LogP contribution in [0.3, 0.4) is 0 Å². The SMILES string of the molecule is COC(=O)CCCCCCC(NS(=O)(=O)c1ccccc1C(F)(F)F)c1ccccc1. The van der Waals surface area contributed by atoms with Gasteiger partial charge >= 0.3 is 12.1 Å². The van der Waals surface area contributed by atoms with Crippen LogP contribution in [0.5, 0.6) is 0 Å². The van der Waals surface area contributed by atoms with E-state index in [0.29, 0.717) is 31.2 Å². The molecule has 0 spiro atoms. The lowest BCUT2D eigenvalue weighted by atomic mass is 10.0. The zero-order valence-corrected chi connectivity index (χ0v) is 18.0. The van der Waals surface area contributed by atoms with Crippen molar-refractivity contribution in [2.24, 2.45) is 0 Å². The van der Waals surface area contributed by atoms with Crippen LogP contribution in [0.25, 0.3) is 0 Å². The van der Waals surface area contributed by atoms with Gasteiger partial charge in [0.25, 0.3) is 0 Å². The molecule has 0 aliphatic heterocycles. The normalized spacial score (nSPS) is 13.0. The first-order valence-electron chi connectivity index (χ1n) is 9.95. The maximum atomic E-state index is 13.3. The van der Waals surface area contributed by atoms with Crippen LogP contribution in [0.1, 0.15) is 55.7 Å². The number of methoxy groups -OCH3 is 1. The van der Waals surface area contributed by atoms with Gasteiger partial charge in [0, 0.05) is 12.5 Å². The Morgan fingerprint density at radius 3 is 2.23 bits per heavy atom. The van der Waals surface area contributed by atoms with Gasteiger partial charge in [0.1, 0.15) is 0 Å². The minimum atomic E-state index is -4.78. The van der Waals surface area contributed by atoms with E-state index < -0.39 is 32.7 Å². The predicted molar refractivity (Wildman–Crippen MR) is 111 cm³/mol. The summed E-state index contributed by atoms with van der Waals surface area (Å²) < 4.78 is 72.7. The summed E-state index contributed by atoms with van der Waals surface area (Å²) in [5.41, 5.74) is -0.526. The molecule has 1 N–H and O–H groups in total. The third-order valence-corrected chi connectivity index (χ3v) is 6.36. The summed E-state index contributed by atoms with van der Waals surface area (Å²) in [7, 11) is -3.09. The van der Waals surface area contributed by atoms with Crippen molar-refractivity contribution >= 4 is 16.0 Å². The van der Waals surface area contributed by atoms with E-state index in [1.54, 1.807) is 30.3 Å². The molecule has 5 nitrogen and oxygen atoms in total. The molecule has 0 amide bonds. The fraction of sp³-hybridized carbons (Fsp3) is 0.409. The number of alkyl halides is 3. The number of carbonyl (C=O) groups is 1. The number of sulfonamides is 1. The maximum Gasteiger partial charge on any atom is 0.417 e. The van der Waals surface area contributed by atoms with Gasteiger partial charge in [-0.3, -0.25) is 4.79 Å². The number of unbranched alkanes of at least 4 members (excludes halogenated alkanes) is 3. The molecule has 0 bridgehead atoms. The average Bonchev–Trinajstić information content (AvgIpc) is 2.75. The fourth-order valence-corrected chi connectivity index (χ4v) is 4.72. The first-order chi connectivity index (χ1) is 14.6. The van der Waals surface area contributed by atoms with E-state index in [1.807, 2.05) is 0 Å². The van der Waals surface area contributed by atoms with E-state index >= 15 is 0 Å². The molecule has 2 aromatic carbocycles. The van der Waals surface area contributed by atoms with Crippen LogP contribution in [0.15, 0.2) is 59.5 Å². The summed E-state index contributed by atoms with van der Waals surface area (Å²) in [6, 6.07) is 12.2. The van der Waals surface area contributed by atoms with Gasteiger partial charge in [-0.25, -0.2) is 13.1 Å². The van der Waals surface area contributed by atoms with Crippen LogP contribution < -0.4 is 4.72 Å². The smallest absolute Gasteiger partial charge is 0.417 e. The van der Waals surface area contributed by atoms with Gasteiger partial charge in [0.15, 0.2) is 0 Å². The Hall–Kier alpha value is -2.39. The monoisotopic (exact) mass is 457 g/mol.